The van der Waals surface area contributed by atoms with Gasteiger partial charge in [-0.25, -0.2) is 0 Å². The SMILES string of the molecule is CCCCCCCCC(C)C. The van der Waals surface area contributed by atoms with E-state index >= 15 is 0 Å². The summed E-state index contributed by atoms with van der Waals surface area (Å²) in [5.41, 5.74) is 0. The lowest BCUT2D eigenvalue weighted by Gasteiger charge is -2.03. The van der Waals surface area contributed by atoms with Crippen LogP contribution in [-0.4, -0.2) is 0 Å². The molecule has 0 aliphatic rings. The number of unbranched alkanes of at least 4 members (excludes halogenated alkanes) is 5. The van der Waals surface area contributed by atoms with Crippen molar-refractivity contribution in [3.63, 3.8) is 0 Å². The van der Waals surface area contributed by atoms with Gasteiger partial charge in [0.05, 0.1) is 0 Å². The Labute approximate surface area is 72.4 Å². The second-order valence-corrected chi connectivity index (χ2v) is 3.95. The van der Waals surface area contributed by atoms with E-state index in [1.54, 1.807) is 0 Å². The van der Waals surface area contributed by atoms with Crippen molar-refractivity contribution in [2.45, 2.75) is 65.7 Å². The van der Waals surface area contributed by atoms with Gasteiger partial charge >= 0.3 is 0 Å². The monoisotopic (exact) mass is 156 g/mol. The number of hydrogen-bond donors (Lipinski definition) is 0. The highest BCUT2D eigenvalue weighted by molar-refractivity contribution is 4.47. The molecule has 68 valence electrons. The lowest BCUT2D eigenvalue weighted by molar-refractivity contribution is 0.514. The minimum absolute atomic E-state index is 0.904. The van der Waals surface area contributed by atoms with Crippen LogP contribution in [0, 0.1) is 5.92 Å². The van der Waals surface area contributed by atoms with Crippen LogP contribution in [0.25, 0.3) is 0 Å². The fraction of sp³-hybridized carbons (Fsp3) is 1.00. The van der Waals surface area contributed by atoms with E-state index in [0.717, 1.165) is 5.92 Å². The molecular formula is C11H24. The first-order valence-corrected chi connectivity index (χ1v) is 5.27. The van der Waals surface area contributed by atoms with Crippen LogP contribution in [0.4, 0.5) is 0 Å². The van der Waals surface area contributed by atoms with E-state index in [4.69, 9.17) is 0 Å². The topological polar surface area (TPSA) is 0 Å². The summed E-state index contributed by atoms with van der Waals surface area (Å²) in [6, 6.07) is 0. The zero-order valence-electron chi connectivity index (χ0n) is 8.53. The Morgan fingerprint density at radius 1 is 0.818 bits per heavy atom. The van der Waals surface area contributed by atoms with E-state index in [-0.39, 0.29) is 0 Å². The standard InChI is InChI=1S/C11H24/c1-4-5-6-7-8-9-10-11(2)3/h11H,4-10H2,1-3H3. The first-order valence-electron chi connectivity index (χ1n) is 5.27. The molecule has 0 heteroatoms. The molecule has 0 aliphatic carbocycles. The van der Waals surface area contributed by atoms with E-state index in [0.29, 0.717) is 0 Å². The molecule has 0 aromatic rings. The van der Waals surface area contributed by atoms with Crippen molar-refractivity contribution in [2.24, 2.45) is 5.92 Å². The van der Waals surface area contributed by atoms with Gasteiger partial charge in [-0.15, -0.1) is 0 Å². The average molecular weight is 156 g/mol. The molecule has 0 spiro atoms. The largest absolute Gasteiger partial charge is 0.0654 e. The summed E-state index contributed by atoms with van der Waals surface area (Å²) in [7, 11) is 0. The smallest absolute Gasteiger partial charge is 0.0471 e. The highest BCUT2D eigenvalue weighted by Crippen LogP contribution is 2.10. The van der Waals surface area contributed by atoms with Gasteiger partial charge in [0.15, 0.2) is 0 Å². The van der Waals surface area contributed by atoms with Gasteiger partial charge in [-0.2, -0.15) is 0 Å². The third kappa shape index (κ3) is 10.0. The first-order chi connectivity index (χ1) is 5.27. The lowest BCUT2D eigenvalue weighted by Crippen LogP contribution is -1.86. The van der Waals surface area contributed by atoms with E-state index in [9.17, 15) is 0 Å². The van der Waals surface area contributed by atoms with Crippen LogP contribution in [0.2, 0.25) is 0 Å². The summed E-state index contributed by atoms with van der Waals surface area (Å²) in [5, 5.41) is 0. The molecule has 0 rings (SSSR count). The predicted molar refractivity (Wildman–Crippen MR) is 52.8 cm³/mol. The lowest BCUT2D eigenvalue weighted by atomic mass is 10.0. The fourth-order valence-electron chi connectivity index (χ4n) is 1.33. The summed E-state index contributed by atoms with van der Waals surface area (Å²) in [6.07, 6.45) is 10.0. The summed E-state index contributed by atoms with van der Waals surface area (Å²) < 4.78 is 0. The van der Waals surface area contributed by atoms with Crippen LogP contribution in [-0.2, 0) is 0 Å². The Balaban J connectivity index is 2.80. The van der Waals surface area contributed by atoms with Crippen LogP contribution < -0.4 is 0 Å². The van der Waals surface area contributed by atoms with Crippen molar-refractivity contribution in [1.82, 2.24) is 0 Å². The van der Waals surface area contributed by atoms with Crippen molar-refractivity contribution in [2.75, 3.05) is 0 Å². The molecule has 0 aliphatic heterocycles. The molecule has 0 radical (unpaired) electrons. The van der Waals surface area contributed by atoms with Gasteiger partial charge in [0, 0.05) is 0 Å². The van der Waals surface area contributed by atoms with Gasteiger partial charge < -0.3 is 0 Å². The molecule has 0 saturated carbocycles. The minimum Gasteiger partial charge on any atom is -0.0654 e. The van der Waals surface area contributed by atoms with Crippen LogP contribution >= 0.6 is 0 Å². The Bertz CT molecular complexity index is 64.4. The van der Waals surface area contributed by atoms with Crippen LogP contribution in [0.1, 0.15) is 65.7 Å². The maximum absolute atomic E-state index is 2.31. The molecule has 0 amide bonds. The molecule has 0 aromatic carbocycles. The molecule has 0 nitrogen and oxygen atoms in total. The highest BCUT2D eigenvalue weighted by atomic mass is 14.0. The quantitative estimate of drug-likeness (QED) is 0.479. The molecule has 0 unspecified atom stereocenters. The molecule has 0 fully saturated rings. The predicted octanol–water partition coefficient (Wildman–Crippen LogP) is 4.39. The second kappa shape index (κ2) is 8.10. The van der Waals surface area contributed by atoms with Crippen molar-refractivity contribution >= 4 is 0 Å². The maximum atomic E-state index is 2.31. The van der Waals surface area contributed by atoms with Gasteiger partial charge in [-0.1, -0.05) is 65.7 Å². The molecule has 0 N–H and O–H groups in total. The highest BCUT2D eigenvalue weighted by Gasteiger charge is 1.93. The molecule has 0 saturated heterocycles. The fourth-order valence-corrected chi connectivity index (χ4v) is 1.33. The van der Waals surface area contributed by atoms with E-state index in [1.165, 1.54) is 44.9 Å². The van der Waals surface area contributed by atoms with Gasteiger partial charge in [0.1, 0.15) is 0 Å². The Morgan fingerprint density at radius 2 is 1.36 bits per heavy atom. The first kappa shape index (κ1) is 11.0. The van der Waals surface area contributed by atoms with Crippen molar-refractivity contribution < 1.29 is 0 Å². The molecular weight excluding hydrogens is 132 g/mol. The molecule has 0 bridgehead atoms. The summed E-state index contributed by atoms with van der Waals surface area (Å²) in [4.78, 5) is 0. The molecule has 11 heavy (non-hydrogen) atoms. The number of hydrogen-bond acceptors (Lipinski definition) is 0. The van der Waals surface area contributed by atoms with Crippen LogP contribution in [0.5, 0.6) is 0 Å². The number of rotatable bonds is 7. The van der Waals surface area contributed by atoms with E-state index in [1.807, 2.05) is 0 Å². The van der Waals surface area contributed by atoms with E-state index < -0.39 is 0 Å². The van der Waals surface area contributed by atoms with Crippen LogP contribution in [0.15, 0.2) is 0 Å². The van der Waals surface area contributed by atoms with E-state index in [2.05, 4.69) is 20.8 Å². The van der Waals surface area contributed by atoms with Crippen LogP contribution in [0.3, 0.4) is 0 Å². The maximum Gasteiger partial charge on any atom is -0.0471 e. The Hall–Kier alpha value is 0. The third-order valence-corrected chi connectivity index (χ3v) is 2.14. The van der Waals surface area contributed by atoms with Crippen molar-refractivity contribution in [3.05, 3.63) is 0 Å². The summed E-state index contributed by atoms with van der Waals surface area (Å²) in [6.45, 7) is 6.90. The molecule has 0 heterocycles. The Kier molecular flexibility index (Phi) is 8.10. The zero-order valence-corrected chi connectivity index (χ0v) is 8.53. The minimum atomic E-state index is 0.904. The summed E-state index contributed by atoms with van der Waals surface area (Å²) in [5.74, 6) is 0.904. The third-order valence-electron chi connectivity index (χ3n) is 2.14. The van der Waals surface area contributed by atoms with Crippen molar-refractivity contribution in [1.29, 1.82) is 0 Å². The normalized spacial score (nSPS) is 10.9. The average Bonchev–Trinajstić information content (AvgIpc) is 1.96. The second-order valence-electron chi connectivity index (χ2n) is 3.95. The van der Waals surface area contributed by atoms with Gasteiger partial charge in [0.25, 0.3) is 0 Å². The Morgan fingerprint density at radius 3 is 1.91 bits per heavy atom. The summed E-state index contributed by atoms with van der Waals surface area (Å²) >= 11 is 0. The molecule has 0 atom stereocenters. The van der Waals surface area contributed by atoms with Crippen molar-refractivity contribution in [3.8, 4) is 0 Å². The zero-order chi connectivity index (χ0) is 8.53. The molecule has 0 aromatic heterocycles. The van der Waals surface area contributed by atoms with Gasteiger partial charge in [-0.05, 0) is 5.92 Å². The van der Waals surface area contributed by atoms with Gasteiger partial charge in [0.2, 0.25) is 0 Å². The van der Waals surface area contributed by atoms with Gasteiger partial charge in [-0.3, -0.25) is 0 Å².